The van der Waals surface area contributed by atoms with E-state index < -0.39 is 0 Å². The molecular weight excluding hydrogens is 222 g/mol. The summed E-state index contributed by atoms with van der Waals surface area (Å²) in [5.74, 6) is 0.559. The molecule has 18 heavy (non-hydrogen) atoms. The summed E-state index contributed by atoms with van der Waals surface area (Å²) in [6.45, 7) is 8.67. The lowest BCUT2D eigenvalue weighted by molar-refractivity contribution is 0.0659. The number of hydrogen-bond acceptors (Lipinski definition) is 3. The third-order valence-corrected chi connectivity index (χ3v) is 4.16. The molecule has 3 heteroatoms. The van der Waals surface area contributed by atoms with E-state index in [2.05, 4.69) is 36.7 Å². The monoisotopic (exact) mass is 247 g/mol. The fourth-order valence-corrected chi connectivity index (χ4v) is 3.15. The van der Waals surface area contributed by atoms with Crippen molar-refractivity contribution in [1.29, 1.82) is 0 Å². The van der Waals surface area contributed by atoms with E-state index in [1.54, 1.807) is 0 Å². The number of nitrogens with zero attached hydrogens (tertiary/aromatic N) is 2. The topological polar surface area (TPSA) is 42.1 Å². The molecule has 1 aliphatic rings. The summed E-state index contributed by atoms with van der Waals surface area (Å²) in [5.41, 5.74) is 8.69. The highest BCUT2D eigenvalue weighted by Gasteiger charge is 2.33. The average molecular weight is 247 g/mol. The van der Waals surface area contributed by atoms with Gasteiger partial charge in [-0.05, 0) is 69.8 Å². The molecule has 2 heterocycles. The second-order valence-corrected chi connectivity index (χ2v) is 5.65. The number of aromatic nitrogens is 1. The van der Waals surface area contributed by atoms with Gasteiger partial charge in [-0.15, -0.1) is 0 Å². The molecule has 0 spiro atoms. The van der Waals surface area contributed by atoms with Gasteiger partial charge in [-0.3, -0.25) is 9.88 Å². The van der Waals surface area contributed by atoms with Crippen LogP contribution in [0.3, 0.4) is 0 Å². The van der Waals surface area contributed by atoms with Gasteiger partial charge in [0.05, 0.1) is 0 Å². The van der Waals surface area contributed by atoms with Crippen LogP contribution in [-0.4, -0.2) is 29.0 Å². The van der Waals surface area contributed by atoms with E-state index in [1.807, 2.05) is 12.4 Å². The van der Waals surface area contributed by atoms with Crippen molar-refractivity contribution in [3.8, 4) is 0 Å². The normalized spacial score (nSPS) is 25.6. The van der Waals surface area contributed by atoms with Gasteiger partial charge in [-0.1, -0.05) is 0 Å². The Labute approximate surface area is 110 Å². The van der Waals surface area contributed by atoms with E-state index in [1.165, 1.54) is 30.5 Å². The predicted octanol–water partition coefficient (Wildman–Crippen LogP) is 2.51. The molecule has 0 radical (unpaired) electrons. The Hall–Kier alpha value is -0.930. The molecule has 2 rings (SSSR count). The fraction of sp³-hybridized carbons (Fsp3) is 0.667. The highest BCUT2D eigenvalue weighted by atomic mass is 15.2. The number of piperidine rings is 1. The zero-order valence-corrected chi connectivity index (χ0v) is 11.8. The van der Waals surface area contributed by atoms with Crippen LogP contribution in [0.25, 0.3) is 0 Å². The molecule has 2 unspecified atom stereocenters. The molecule has 3 nitrogen and oxygen atoms in total. The number of aryl methyl sites for hydroxylation is 1. The van der Waals surface area contributed by atoms with Crippen LogP contribution < -0.4 is 5.73 Å². The molecule has 1 aliphatic heterocycles. The lowest BCUT2D eigenvalue weighted by Crippen LogP contribution is -2.45. The maximum atomic E-state index is 6.00. The Morgan fingerprint density at radius 3 is 2.89 bits per heavy atom. The van der Waals surface area contributed by atoms with E-state index in [-0.39, 0.29) is 0 Å². The third kappa shape index (κ3) is 2.57. The molecule has 100 valence electrons. The van der Waals surface area contributed by atoms with E-state index in [0.29, 0.717) is 18.0 Å². The Morgan fingerprint density at radius 2 is 2.28 bits per heavy atom. The first kappa shape index (κ1) is 13.5. The minimum Gasteiger partial charge on any atom is -0.330 e. The quantitative estimate of drug-likeness (QED) is 0.892. The first-order valence-corrected chi connectivity index (χ1v) is 7.01. The van der Waals surface area contributed by atoms with Crippen molar-refractivity contribution < 1.29 is 0 Å². The SMILES string of the molecule is Cc1ccncc1C1C(CN)CCCN1C(C)C. The van der Waals surface area contributed by atoms with Gasteiger partial charge in [-0.2, -0.15) is 0 Å². The van der Waals surface area contributed by atoms with Crippen molar-refractivity contribution >= 4 is 0 Å². The van der Waals surface area contributed by atoms with Crippen LogP contribution in [0.15, 0.2) is 18.5 Å². The van der Waals surface area contributed by atoms with Gasteiger partial charge in [0.2, 0.25) is 0 Å². The maximum Gasteiger partial charge on any atom is 0.0408 e. The van der Waals surface area contributed by atoms with Crippen molar-refractivity contribution in [2.24, 2.45) is 11.7 Å². The molecule has 0 amide bonds. The number of pyridine rings is 1. The van der Waals surface area contributed by atoms with Crippen molar-refractivity contribution in [2.75, 3.05) is 13.1 Å². The predicted molar refractivity (Wildman–Crippen MR) is 75.3 cm³/mol. The standard InChI is InChI=1S/C15H25N3/c1-11(2)18-8-4-5-13(9-16)15(18)14-10-17-7-6-12(14)3/h6-7,10-11,13,15H,4-5,8-9,16H2,1-3H3. The summed E-state index contributed by atoms with van der Waals surface area (Å²) in [7, 11) is 0. The zero-order valence-electron chi connectivity index (χ0n) is 11.8. The third-order valence-electron chi connectivity index (χ3n) is 4.16. The van der Waals surface area contributed by atoms with Crippen molar-refractivity contribution in [3.63, 3.8) is 0 Å². The minimum atomic E-state index is 0.442. The van der Waals surface area contributed by atoms with Gasteiger partial charge < -0.3 is 5.73 Å². The van der Waals surface area contributed by atoms with Crippen LogP contribution in [0.4, 0.5) is 0 Å². The summed E-state index contributed by atoms with van der Waals surface area (Å²) >= 11 is 0. The smallest absolute Gasteiger partial charge is 0.0408 e. The molecule has 0 bridgehead atoms. The Balaban J connectivity index is 2.37. The highest BCUT2D eigenvalue weighted by Crippen LogP contribution is 2.37. The van der Waals surface area contributed by atoms with Gasteiger partial charge in [0, 0.05) is 24.5 Å². The van der Waals surface area contributed by atoms with Crippen LogP contribution in [0.5, 0.6) is 0 Å². The summed E-state index contributed by atoms with van der Waals surface area (Å²) in [6.07, 6.45) is 6.40. The van der Waals surface area contributed by atoms with Crippen LogP contribution in [-0.2, 0) is 0 Å². The lowest BCUT2D eigenvalue weighted by Gasteiger charge is -2.44. The average Bonchev–Trinajstić information content (AvgIpc) is 2.38. The van der Waals surface area contributed by atoms with Crippen LogP contribution >= 0.6 is 0 Å². The molecule has 2 N–H and O–H groups in total. The highest BCUT2D eigenvalue weighted by molar-refractivity contribution is 5.26. The van der Waals surface area contributed by atoms with Crippen LogP contribution in [0.2, 0.25) is 0 Å². The molecule has 0 aliphatic carbocycles. The van der Waals surface area contributed by atoms with Crippen LogP contribution in [0.1, 0.15) is 43.9 Å². The summed E-state index contributed by atoms with van der Waals surface area (Å²) < 4.78 is 0. The largest absolute Gasteiger partial charge is 0.330 e. The molecule has 1 saturated heterocycles. The second-order valence-electron chi connectivity index (χ2n) is 5.65. The molecule has 1 aromatic heterocycles. The molecule has 0 aromatic carbocycles. The van der Waals surface area contributed by atoms with Gasteiger partial charge in [0.1, 0.15) is 0 Å². The van der Waals surface area contributed by atoms with E-state index in [9.17, 15) is 0 Å². The summed E-state index contributed by atoms with van der Waals surface area (Å²) in [4.78, 5) is 6.90. The number of nitrogens with two attached hydrogens (primary N) is 1. The fourth-order valence-electron chi connectivity index (χ4n) is 3.15. The molecule has 0 saturated carbocycles. The molecular formula is C15H25N3. The second kappa shape index (κ2) is 5.81. The number of hydrogen-bond donors (Lipinski definition) is 1. The van der Waals surface area contributed by atoms with Crippen LogP contribution in [0, 0.1) is 12.8 Å². The zero-order chi connectivity index (χ0) is 13.1. The van der Waals surface area contributed by atoms with E-state index >= 15 is 0 Å². The lowest BCUT2D eigenvalue weighted by atomic mass is 9.83. The maximum absolute atomic E-state index is 6.00. The van der Waals surface area contributed by atoms with E-state index in [4.69, 9.17) is 5.73 Å². The van der Waals surface area contributed by atoms with Gasteiger partial charge in [0.25, 0.3) is 0 Å². The first-order valence-electron chi connectivity index (χ1n) is 7.01. The number of likely N-dealkylation sites (tertiary alicyclic amines) is 1. The number of rotatable bonds is 3. The van der Waals surface area contributed by atoms with Crippen molar-refractivity contribution in [2.45, 2.75) is 45.7 Å². The Morgan fingerprint density at radius 1 is 1.50 bits per heavy atom. The molecule has 1 aromatic rings. The van der Waals surface area contributed by atoms with Gasteiger partial charge in [-0.25, -0.2) is 0 Å². The summed E-state index contributed by atoms with van der Waals surface area (Å²) in [6, 6.07) is 3.11. The minimum absolute atomic E-state index is 0.442. The van der Waals surface area contributed by atoms with Gasteiger partial charge >= 0.3 is 0 Å². The summed E-state index contributed by atoms with van der Waals surface area (Å²) in [5, 5.41) is 0. The van der Waals surface area contributed by atoms with Gasteiger partial charge in [0.15, 0.2) is 0 Å². The van der Waals surface area contributed by atoms with E-state index in [0.717, 1.165) is 6.54 Å². The Kier molecular flexibility index (Phi) is 4.36. The molecule has 2 atom stereocenters. The molecule has 1 fully saturated rings. The Bertz CT molecular complexity index is 389. The first-order chi connectivity index (χ1) is 8.65. The van der Waals surface area contributed by atoms with Crippen molar-refractivity contribution in [1.82, 2.24) is 9.88 Å². The van der Waals surface area contributed by atoms with Crippen molar-refractivity contribution in [3.05, 3.63) is 29.6 Å².